The second-order valence-corrected chi connectivity index (χ2v) is 5.86. The molecule has 0 atom stereocenters. The first-order chi connectivity index (χ1) is 13.6. The van der Waals surface area contributed by atoms with Crippen molar-refractivity contribution in [3.8, 4) is 0 Å². The molecule has 0 bridgehead atoms. The van der Waals surface area contributed by atoms with E-state index < -0.39 is 5.97 Å². The van der Waals surface area contributed by atoms with Gasteiger partial charge in [-0.1, -0.05) is 73.1 Å². The van der Waals surface area contributed by atoms with Crippen LogP contribution in [0.3, 0.4) is 0 Å². The number of carbonyl (C=O) groups is 3. The van der Waals surface area contributed by atoms with E-state index in [2.05, 4.69) is 50.0 Å². The summed E-state index contributed by atoms with van der Waals surface area (Å²) in [6, 6.07) is 0. The maximum atomic E-state index is 11.1. The molecule has 0 radical (unpaired) electrons. The summed E-state index contributed by atoms with van der Waals surface area (Å²) in [7, 11) is 2.64. The molecule has 0 aliphatic carbocycles. The maximum absolute atomic E-state index is 11.1. The summed E-state index contributed by atoms with van der Waals surface area (Å²) >= 11 is 0. The van der Waals surface area contributed by atoms with Crippen LogP contribution in [0.4, 0.5) is 0 Å². The molecule has 0 saturated carbocycles. The van der Waals surface area contributed by atoms with Crippen LogP contribution in [-0.2, 0) is 28.6 Å². The van der Waals surface area contributed by atoms with Crippen molar-refractivity contribution in [1.29, 1.82) is 0 Å². The summed E-state index contributed by atoms with van der Waals surface area (Å²) in [4.78, 5) is 31.1. The number of carbonyl (C=O) groups excluding carboxylic acids is 3. The minimum absolute atomic E-state index is 0.237. The van der Waals surface area contributed by atoms with Crippen LogP contribution in [0.25, 0.3) is 0 Å². The van der Waals surface area contributed by atoms with Crippen molar-refractivity contribution in [2.75, 3.05) is 20.8 Å². The molecule has 0 aliphatic rings. The molecule has 6 nitrogen and oxygen atoms in total. The van der Waals surface area contributed by atoms with E-state index in [1.165, 1.54) is 33.5 Å². The second-order valence-electron chi connectivity index (χ2n) is 5.86. The Kier molecular flexibility index (Phi) is 32.8. The summed E-state index contributed by atoms with van der Waals surface area (Å²) in [6.45, 7) is 20.6. The van der Waals surface area contributed by atoms with Gasteiger partial charge >= 0.3 is 17.9 Å². The predicted molar refractivity (Wildman–Crippen MR) is 120 cm³/mol. The lowest BCUT2D eigenvalue weighted by molar-refractivity contribution is -0.139. The van der Waals surface area contributed by atoms with E-state index in [4.69, 9.17) is 4.74 Å². The van der Waals surface area contributed by atoms with E-state index in [1.807, 2.05) is 6.92 Å². The number of methoxy groups -OCH3 is 2. The second kappa shape index (κ2) is 27.8. The molecule has 0 aliphatic heterocycles. The molecular weight excluding hydrogens is 372 g/mol. The number of rotatable bonds is 9. The summed E-state index contributed by atoms with van der Waals surface area (Å²) in [5, 5.41) is 0. The fraction of sp³-hybridized carbons (Fsp3) is 0.609. The van der Waals surface area contributed by atoms with Gasteiger partial charge in [-0.15, -0.1) is 0 Å². The Morgan fingerprint density at radius 1 is 0.862 bits per heavy atom. The number of hydrogen-bond donors (Lipinski definition) is 0. The van der Waals surface area contributed by atoms with Crippen LogP contribution in [0.5, 0.6) is 0 Å². The minimum atomic E-state index is -0.394. The van der Waals surface area contributed by atoms with Crippen LogP contribution in [0, 0.1) is 0 Å². The lowest BCUT2D eigenvalue weighted by atomic mass is 10.2. The zero-order valence-electron chi connectivity index (χ0n) is 19.6. The van der Waals surface area contributed by atoms with Crippen molar-refractivity contribution < 1.29 is 28.6 Å². The molecule has 6 heteroatoms. The average Bonchev–Trinajstić information content (AvgIpc) is 2.72. The van der Waals surface area contributed by atoms with Crippen molar-refractivity contribution in [1.82, 2.24) is 0 Å². The Balaban J connectivity index is -0.000000165. The molecule has 0 rings (SSSR count). The van der Waals surface area contributed by atoms with Gasteiger partial charge in [0.15, 0.2) is 0 Å². The zero-order chi connectivity index (χ0) is 23.7. The molecule has 29 heavy (non-hydrogen) atoms. The van der Waals surface area contributed by atoms with Crippen LogP contribution in [0.15, 0.2) is 37.0 Å². The smallest absolute Gasteiger partial charge is 0.333 e. The molecular formula is C23H42O6. The van der Waals surface area contributed by atoms with Gasteiger partial charge in [-0.3, -0.25) is 0 Å². The van der Waals surface area contributed by atoms with Gasteiger partial charge in [0.1, 0.15) is 0 Å². The van der Waals surface area contributed by atoms with Gasteiger partial charge in [0.05, 0.1) is 20.8 Å². The molecule has 0 saturated heterocycles. The first-order valence-electron chi connectivity index (χ1n) is 9.92. The Labute approximate surface area is 178 Å². The van der Waals surface area contributed by atoms with Crippen LogP contribution in [-0.4, -0.2) is 38.7 Å². The fourth-order valence-electron chi connectivity index (χ4n) is 1.20. The summed E-state index contributed by atoms with van der Waals surface area (Å²) in [5.74, 6) is -0.978. The third kappa shape index (κ3) is 33.6. The molecule has 0 aromatic heterocycles. The molecule has 0 amide bonds. The molecule has 0 spiro atoms. The first kappa shape index (κ1) is 34.2. The molecule has 170 valence electrons. The van der Waals surface area contributed by atoms with Gasteiger partial charge in [-0.05, 0) is 19.8 Å². The SMILES string of the molecule is C=C(C)C(=O)OC.C=C(CC)C(=O)OCCCCCC.C=CC(=O)OC.CCC. The summed E-state index contributed by atoms with van der Waals surface area (Å²) in [6.07, 6.45) is 7.56. The normalized spacial score (nSPS) is 8.24. The van der Waals surface area contributed by atoms with Gasteiger partial charge in [-0.2, -0.15) is 0 Å². The van der Waals surface area contributed by atoms with Crippen molar-refractivity contribution >= 4 is 17.9 Å². The van der Waals surface area contributed by atoms with Crippen molar-refractivity contribution in [2.24, 2.45) is 0 Å². The van der Waals surface area contributed by atoms with E-state index in [1.54, 1.807) is 6.92 Å². The predicted octanol–water partition coefficient (Wildman–Crippen LogP) is 5.57. The lowest BCUT2D eigenvalue weighted by Gasteiger charge is -2.04. The molecule has 0 aromatic carbocycles. The molecule has 0 aromatic rings. The number of ether oxygens (including phenoxy) is 3. The molecule has 0 N–H and O–H groups in total. The first-order valence-corrected chi connectivity index (χ1v) is 9.92. The van der Waals surface area contributed by atoms with Crippen molar-refractivity contribution in [3.63, 3.8) is 0 Å². The quantitative estimate of drug-likeness (QED) is 0.212. The Hall–Kier alpha value is -2.37. The van der Waals surface area contributed by atoms with Gasteiger partial charge in [0.25, 0.3) is 0 Å². The van der Waals surface area contributed by atoms with E-state index >= 15 is 0 Å². The van der Waals surface area contributed by atoms with Gasteiger partial charge < -0.3 is 14.2 Å². The third-order valence-electron chi connectivity index (χ3n) is 2.85. The van der Waals surface area contributed by atoms with E-state index in [9.17, 15) is 14.4 Å². The third-order valence-corrected chi connectivity index (χ3v) is 2.85. The molecule has 0 heterocycles. The van der Waals surface area contributed by atoms with Crippen LogP contribution < -0.4 is 0 Å². The van der Waals surface area contributed by atoms with Crippen LogP contribution in [0.1, 0.15) is 73.1 Å². The van der Waals surface area contributed by atoms with Crippen molar-refractivity contribution in [2.45, 2.75) is 73.1 Å². The van der Waals surface area contributed by atoms with Crippen molar-refractivity contribution in [3.05, 3.63) is 37.0 Å². The standard InChI is InChI=1S/C11H20O2.C5H8O2.C4H6O2.C3H8/c1-4-6-7-8-9-13-11(12)10(3)5-2;1-4(2)5(6)7-3;1-3-4(5)6-2;1-3-2/h3-9H2,1-2H3;1H2,2-3H3;3H,1H2,2H3;3H2,1-2H3. The Morgan fingerprint density at radius 2 is 1.38 bits per heavy atom. The minimum Gasteiger partial charge on any atom is -0.466 e. The van der Waals surface area contributed by atoms with E-state index in [-0.39, 0.29) is 11.9 Å². The van der Waals surface area contributed by atoms with Gasteiger partial charge in [0, 0.05) is 17.2 Å². The average molecular weight is 415 g/mol. The zero-order valence-corrected chi connectivity index (χ0v) is 19.6. The highest BCUT2D eigenvalue weighted by Crippen LogP contribution is 2.03. The molecule has 0 fully saturated rings. The van der Waals surface area contributed by atoms with E-state index in [0.29, 0.717) is 24.2 Å². The van der Waals surface area contributed by atoms with Crippen LogP contribution >= 0.6 is 0 Å². The Morgan fingerprint density at radius 3 is 1.62 bits per heavy atom. The number of unbranched alkanes of at least 4 members (excludes halogenated alkanes) is 3. The number of hydrogen-bond acceptors (Lipinski definition) is 6. The monoisotopic (exact) mass is 414 g/mol. The topological polar surface area (TPSA) is 78.9 Å². The fourth-order valence-corrected chi connectivity index (χ4v) is 1.20. The highest BCUT2D eigenvalue weighted by Gasteiger charge is 2.04. The van der Waals surface area contributed by atoms with Crippen LogP contribution in [0.2, 0.25) is 0 Å². The highest BCUT2D eigenvalue weighted by atomic mass is 16.5. The lowest BCUT2D eigenvalue weighted by Crippen LogP contribution is -2.07. The summed E-state index contributed by atoms with van der Waals surface area (Å²) < 4.78 is 13.4. The molecule has 0 unspecified atom stereocenters. The van der Waals surface area contributed by atoms with Gasteiger partial charge in [0.2, 0.25) is 0 Å². The highest BCUT2D eigenvalue weighted by molar-refractivity contribution is 5.87. The number of esters is 3. The maximum Gasteiger partial charge on any atom is 0.333 e. The van der Waals surface area contributed by atoms with E-state index in [0.717, 1.165) is 18.9 Å². The summed E-state index contributed by atoms with van der Waals surface area (Å²) in [5.41, 5.74) is 0.998. The van der Waals surface area contributed by atoms with Gasteiger partial charge in [-0.25, -0.2) is 14.4 Å². The largest absolute Gasteiger partial charge is 0.466 e. The Bertz CT molecular complexity index is 466.